The van der Waals surface area contributed by atoms with Crippen LogP contribution in [0.1, 0.15) is 0 Å². The normalized spacial score (nSPS) is 43.9. The van der Waals surface area contributed by atoms with Crippen LogP contribution in [0.25, 0.3) is 0 Å². The van der Waals surface area contributed by atoms with Crippen molar-refractivity contribution in [3.8, 4) is 0 Å². The number of hydrogen-bond acceptors (Lipinski definition) is 6. The van der Waals surface area contributed by atoms with Crippen molar-refractivity contribution in [2.75, 3.05) is 20.2 Å². The molecule has 1 aliphatic heterocycles. The molecule has 0 amide bonds. The summed E-state index contributed by atoms with van der Waals surface area (Å²) in [6, 6.07) is 0. The molecule has 0 aromatic carbocycles. The van der Waals surface area contributed by atoms with Crippen LogP contribution in [0, 0.1) is 0 Å². The van der Waals surface area contributed by atoms with Gasteiger partial charge in [0.25, 0.3) is 0 Å². The van der Waals surface area contributed by atoms with Crippen molar-refractivity contribution >= 4 is 0 Å². The van der Waals surface area contributed by atoms with Crippen molar-refractivity contribution in [1.82, 2.24) is 5.32 Å². The molecular formula is C8H17NO5. The minimum atomic E-state index is -1.28. The minimum Gasteiger partial charge on any atom is -0.394 e. The van der Waals surface area contributed by atoms with Crippen LogP contribution in [0.15, 0.2) is 0 Å². The van der Waals surface area contributed by atoms with Crippen molar-refractivity contribution in [3.63, 3.8) is 0 Å². The number of nitrogens with one attached hydrogen (secondary N) is 1. The second-order valence-electron chi connectivity index (χ2n) is 3.43. The van der Waals surface area contributed by atoms with E-state index in [2.05, 4.69) is 5.32 Å². The largest absolute Gasteiger partial charge is 0.394 e. The quantitative estimate of drug-likeness (QED) is 0.339. The molecule has 0 radical (unpaired) electrons. The van der Waals surface area contributed by atoms with E-state index in [9.17, 15) is 15.3 Å². The van der Waals surface area contributed by atoms with E-state index in [-0.39, 0.29) is 6.61 Å². The van der Waals surface area contributed by atoms with E-state index in [0.717, 1.165) is 0 Å². The van der Waals surface area contributed by atoms with E-state index < -0.39 is 30.5 Å². The molecule has 1 fully saturated rings. The molecule has 0 aromatic heterocycles. The maximum absolute atomic E-state index is 9.50. The summed E-state index contributed by atoms with van der Waals surface area (Å²) < 4.78 is 5.20. The van der Waals surface area contributed by atoms with Crippen LogP contribution in [0.4, 0.5) is 0 Å². The molecule has 1 rings (SSSR count). The van der Waals surface area contributed by atoms with E-state index in [1.54, 1.807) is 7.05 Å². The predicted molar refractivity (Wildman–Crippen MR) is 47.7 cm³/mol. The van der Waals surface area contributed by atoms with E-state index in [0.29, 0.717) is 6.54 Å². The molecule has 6 heteroatoms. The number of aliphatic hydroxyl groups is 4. The van der Waals surface area contributed by atoms with Gasteiger partial charge in [-0.2, -0.15) is 0 Å². The van der Waals surface area contributed by atoms with Gasteiger partial charge in [-0.25, -0.2) is 0 Å². The highest BCUT2D eigenvalue weighted by atomic mass is 16.5. The van der Waals surface area contributed by atoms with E-state index >= 15 is 0 Å². The lowest BCUT2D eigenvalue weighted by atomic mass is 9.95. The standard InChI is InChI=1S/C8H17NO5/c1-9-2-4-6(11)8(13)7(12)5(3-10)14-4/h4-13H,2-3H2,1H3/t4?,5-,6+,7-,8-/m1/s1. The van der Waals surface area contributed by atoms with E-state index in [1.807, 2.05) is 0 Å². The second kappa shape index (κ2) is 5.01. The lowest BCUT2D eigenvalue weighted by Gasteiger charge is -2.40. The van der Waals surface area contributed by atoms with Crippen LogP contribution in [-0.4, -0.2) is 71.1 Å². The summed E-state index contributed by atoms with van der Waals surface area (Å²) in [7, 11) is 1.68. The zero-order valence-electron chi connectivity index (χ0n) is 8.00. The Morgan fingerprint density at radius 1 is 1.07 bits per heavy atom. The minimum absolute atomic E-state index is 0.349. The summed E-state index contributed by atoms with van der Waals surface area (Å²) in [6.45, 7) is -0.0351. The van der Waals surface area contributed by atoms with Crippen molar-refractivity contribution in [3.05, 3.63) is 0 Å². The second-order valence-corrected chi connectivity index (χ2v) is 3.43. The monoisotopic (exact) mass is 207 g/mol. The average Bonchev–Trinajstić information content (AvgIpc) is 2.19. The number of likely N-dealkylation sites (N-methyl/N-ethyl adjacent to an activating group) is 1. The van der Waals surface area contributed by atoms with Crippen LogP contribution in [0.2, 0.25) is 0 Å². The molecule has 84 valence electrons. The van der Waals surface area contributed by atoms with Crippen LogP contribution < -0.4 is 5.32 Å². The summed E-state index contributed by atoms with van der Waals surface area (Å²) in [5.41, 5.74) is 0. The first-order valence-electron chi connectivity index (χ1n) is 4.57. The SMILES string of the molecule is CNCC1O[C@H](CO)[C@@H](O)[C@H](O)[C@H]1O. The summed E-state index contributed by atoms with van der Waals surface area (Å²) in [4.78, 5) is 0. The van der Waals surface area contributed by atoms with Crippen molar-refractivity contribution < 1.29 is 25.2 Å². The Hall–Kier alpha value is -0.240. The molecule has 6 nitrogen and oxygen atoms in total. The number of hydrogen-bond donors (Lipinski definition) is 5. The lowest BCUT2D eigenvalue weighted by molar-refractivity contribution is -0.227. The molecule has 1 heterocycles. The Kier molecular flexibility index (Phi) is 4.24. The van der Waals surface area contributed by atoms with Gasteiger partial charge in [-0.3, -0.25) is 0 Å². The molecule has 5 N–H and O–H groups in total. The highest BCUT2D eigenvalue weighted by molar-refractivity contribution is 4.92. The van der Waals surface area contributed by atoms with Gasteiger partial charge >= 0.3 is 0 Å². The summed E-state index contributed by atoms with van der Waals surface area (Å²) >= 11 is 0. The van der Waals surface area contributed by atoms with Gasteiger partial charge in [0.15, 0.2) is 0 Å². The summed E-state index contributed by atoms with van der Waals surface area (Å²) in [5.74, 6) is 0. The molecule has 1 saturated heterocycles. The maximum Gasteiger partial charge on any atom is 0.111 e. The Balaban J connectivity index is 2.63. The zero-order chi connectivity index (χ0) is 10.7. The summed E-state index contributed by atoms with van der Waals surface area (Å²) in [6.07, 6.45) is -5.12. The molecule has 5 atom stereocenters. The van der Waals surface area contributed by atoms with Crippen molar-refractivity contribution in [1.29, 1.82) is 0 Å². The Morgan fingerprint density at radius 3 is 2.14 bits per heavy atom. The maximum atomic E-state index is 9.50. The number of aliphatic hydroxyl groups excluding tert-OH is 4. The first-order valence-corrected chi connectivity index (χ1v) is 4.57. The number of rotatable bonds is 3. The van der Waals surface area contributed by atoms with Crippen LogP contribution >= 0.6 is 0 Å². The molecule has 14 heavy (non-hydrogen) atoms. The third kappa shape index (κ3) is 2.22. The molecule has 0 bridgehead atoms. The molecule has 1 unspecified atom stereocenters. The average molecular weight is 207 g/mol. The highest BCUT2D eigenvalue weighted by Gasteiger charge is 2.42. The molecule has 0 aromatic rings. The first kappa shape index (κ1) is 11.8. The molecule has 0 aliphatic carbocycles. The van der Waals surface area contributed by atoms with Gasteiger partial charge in [-0.1, -0.05) is 0 Å². The van der Waals surface area contributed by atoms with Gasteiger partial charge in [-0.15, -0.1) is 0 Å². The molecule has 0 spiro atoms. The van der Waals surface area contributed by atoms with Gasteiger partial charge in [0, 0.05) is 6.54 Å². The smallest absolute Gasteiger partial charge is 0.111 e. The Morgan fingerprint density at radius 2 is 1.64 bits per heavy atom. The summed E-state index contributed by atoms with van der Waals surface area (Å²) in [5, 5.41) is 39.9. The predicted octanol–water partition coefficient (Wildman–Crippen LogP) is -2.95. The Bertz CT molecular complexity index is 175. The van der Waals surface area contributed by atoms with Crippen LogP contribution in [0.5, 0.6) is 0 Å². The lowest BCUT2D eigenvalue weighted by Crippen LogP contribution is -2.60. The fourth-order valence-electron chi connectivity index (χ4n) is 1.55. The fourth-order valence-corrected chi connectivity index (χ4v) is 1.55. The highest BCUT2D eigenvalue weighted by Crippen LogP contribution is 2.20. The number of ether oxygens (including phenoxy) is 1. The van der Waals surface area contributed by atoms with Gasteiger partial charge in [0.1, 0.15) is 24.4 Å². The fraction of sp³-hybridized carbons (Fsp3) is 1.00. The van der Waals surface area contributed by atoms with Crippen LogP contribution in [0.3, 0.4) is 0 Å². The van der Waals surface area contributed by atoms with Crippen molar-refractivity contribution in [2.24, 2.45) is 0 Å². The van der Waals surface area contributed by atoms with Crippen LogP contribution in [-0.2, 0) is 4.74 Å². The molecular weight excluding hydrogens is 190 g/mol. The molecule has 0 saturated carbocycles. The van der Waals surface area contributed by atoms with E-state index in [1.165, 1.54) is 0 Å². The first-order chi connectivity index (χ1) is 6.61. The topological polar surface area (TPSA) is 102 Å². The Labute approximate surface area is 82.1 Å². The zero-order valence-corrected chi connectivity index (χ0v) is 8.00. The molecule has 1 aliphatic rings. The van der Waals surface area contributed by atoms with Crippen molar-refractivity contribution in [2.45, 2.75) is 30.5 Å². The van der Waals surface area contributed by atoms with E-state index in [4.69, 9.17) is 9.84 Å². The van der Waals surface area contributed by atoms with Gasteiger partial charge in [0.05, 0.1) is 12.7 Å². The van der Waals surface area contributed by atoms with Gasteiger partial charge in [0.2, 0.25) is 0 Å². The van der Waals surface area contributed by atoms with Gasteiger partial charge in [-0.05, 0) is 7.05 Å². The van der Waals surface area contributed by atoms with Gasteiger partial charge < -0.3 is 30.5 Å². The third-order valence-corrected chi connectivity index (χ3v) is 2.40. The third-order valence-electron chi connectivity index (χ3n) is 2.40.